The molecule has 0 bridgehead atoms. The molecule has 2 fully saturated rings. The number of carbonyl (C=O) groups excluding carboxylic acids is 3. The minimum absolute atomic E-state index is 0.102. The molecule has 0 saturated carbocycles. The molecule has 0 radical (unpaired) electrons. The van der Waals surface area contributed by atoms with Crippen LogP contribution < -0.4 is 10.0 Å². The van der Waals surface area contributed by atoms with Gasteiger partial charge >= 0.3 is 6.03 Å². The molecule has 2 N–H and O–H groups in total. The van der Waals surface area contributed by atoms with E-state index in [0.717, 1.165) is 27.5 Å². The Morgan fingerprint density at radius 1 is 0.978 bits per heavy atom. The number of hydrogen-bond acceptors (Lipinski definition) is 6. The van der Waals surface area contributed by atoms with Gasteiger partial charge in [0.15, 0.2) is 0 Å². The minimum atomic E-state index is -2.48. The number of benzene rings is 4. The molecule has 11 nitrogen and oxygen atoms in total. The van der Waals surface area contributed by atoms with Crippen LogP contribution in [0.5, 0.6) is 0 Å². The van der Waals surface area contributed by atoms with Gasteiger partial charge in [0, 0.05) is 43.5 Å². The van der Waals surface area contributed by atoms with Crippen LogP contribution in [0.15, 0.2) is 91.0 Å². The van der Waals surface area contributed by atoms with Gasteiger partial charge in [0.2, 0.25) is 11.8 Å². The molecule has 2 aliphatic rings. The summed E-state index contributed by atoms with van der Waals surface area (Å²) in [6.45, 7) is 0.549. The van der Waals surface area contributed by atoms with E-state index in [9.17, 15) is 27.5 Å². The van der Waals surface area contributed by atoms with Gasteiger partial charge in [0.25, 0.3) is 0 Å². The van der Waals surface area contributed by atoms with Crippen LogP contribution in [0.2, 0.25) is 0 Å². The standard InChI is InChI=1S/C33H33FN6O5S/c1-37(33(43)35-18-23-9-13-26(34)14-10-23)39-21-31(41)40-29(17-22-11-15-27(16-12-22)36-46(44)45)32(42)38(20-30(39)40)19-25-7-4-6-24-5-2-3-8-28(24)25/h2-16,29-30,36H,17-21H2,1H3,(H,35,43)(H,44,45)/p-1/t29-,30+/m0/s1. The number of hydrazine groups is 1. The molecule has 2 aliphatic heterocycles. The minimum Gasteiger partial charge on any atom is -0.755 e. The fraction of sp³-hybridized carbons (Fsp3) is 0.242. The fourth-order valence-electron chi connectivity index (χ4n) is 6.13. The van der Waals surface area contributed by atoms with Crippen LogP contribution >= 0.6 is 0 Å². The highest BCUT2D eigenvalue weighted by molar-refractivity contribution is 7.80. The molecule has 4 amide bonds. The predicted octanol–water partition coefficient (Wildman–Crippen LogP) is 3.37. The van der Waals surface area contributed by atoms with Crippen molar-refractivity contribution in [3.8, 4) is 0 Å². The Hall–Kier alpha value is -4.85. The van der Waals surface area contributed by atoms with Crippen LogP contribution in [0.3, 0.4) is 0 Å². The molecule has 6 rings (SSSR count). The SMILES string of the molecule is CN(C(=O)NCc1ccc(F)cc1)N1CC(=O)N2[C@@H](Cc3ccc(NS(=O)[O-])cc3)C(=O)N(Cc3cccc4ccccc34)C[C@@H]21. The second-order valence-electron chi connectivity index (χ2n) is 11.3. The topological polar surface area (TPSA) is 128 Å². The lowest BCUT2D eigenvalue weighted by Gasteiger charge is -2.46. The number of fused-ring (bicyclic) bond motifs is 2. The van der Waals surface area contributed by atoms with Crippen molar-refractivity contribution in [2.24, 2.45) is 0 Å². The van der Waals surface area contributed by atoms with E-state index in [1.165, 1.54) is 17.1 Å². The summed E-state index contributed by atoms with van der Waals surface area (Å²) in [5, 5.41) is 7.91. The number of urea groups is 1. The third-order valence-corrected chi connectivity index (χ3v) is 8.83. The second kappa shape index (κ2) is 13.3. The summed E-state index contributed by atoms with van der Waals surface area (Å²) in [5.41, 5.74) is 2.79. The fourth-order valence-corrected chi connectivity index (χ4v) is 6.45. The van der Waals surface area contributed by atoms with Crippen LogP contribution in [0.1, 0.15) is 16.7 Å². The average Bonchev–Trinajstić information content (AvgIpc) is 3.38. The Balaban J connectivity index is 1.27. The number of rotatable bonds is 9. The van der Waals surface area contributed by atoms with Crippen LogP contribution in [-0.2, 0) is 40.4 Å². The van der Waals surface area contributed by atoms with Crippen LogP contribution in [0.4, 0.5) is 14.9 Å². The third-order valence-electron chi connectivity index (χ3n) is 8.43. The van der Waals surface area contributed by atoms with Gasteiger partial charge in [-0.2, -0.15) is 5.01 Å². The summed E-state index contributed by atoms with van der Waals surface area (Å²) in [7, 11) is 1.57. The normalized spacial score (nSPS) is 18.8. The molecule has 0 aromatic heterocycles. The molecule has 4 aromatic rings. The van der Waals surface area contributed by atoms with E-state index in [1.807, 2.05) is 42.5 Å². The zero-order chi connectivity index (χ0) is 32.4. The zero-order valence-corrected chi connectivity index (χ0v) is 25.8. The molecule has 2 heterocycles. The number of nitrogens with zero attached hydrogens (tertiary/aromatic N) is 4. The number of carbonyl (C=O) groups is 3. The number of piperazine rings is 1. The van der Waals surface area contributed by atoms with Crippen molar-refractivity contribution in [3.63, 3.8) is 0 Å². The summed E-state index contributed by atoms with van der Waals surface area (Å²) >= 11 is -2.48. The van der Waals surface area contributed by atoms with Gasteiger partial charge < -0.3 is 24.4 Å². The van der Waals surface area contributed by atoms with Crippen LogP contribution in [0.25, 0.3) is 10.8 Å². The Bertz CT molecular complexity index is 1780. The smallest absolute Gasteiger partial charge is 0.332 e. The van der Waals surface area contributed by atoms with Gasteiger partial charge in [0.1, 0.15) is 18.0 Å². The lowest BCUT2D eigenvalue weighted by atomic mass is 9.99. The molecule has 0 aliphatic carbocycles. The first-order valence-electron chi connectivity index (χ1n) is 14.7. The van der Waals surface area contributed by atoms with Crippen molar-refractivity contribution in [1.29, 1.82) is 0 Å². The first-order chi connectivity index (χ1) is 22.2. The van der Waals surface area contributed by atoms with E-state index < -0.39 is 29.5 Å². The number of anilines is 1. The molecule has 13 heteroatoms. The number of amides is 4. The quantitative estimate of drug-likeness (QED) is 0.269. The molecular formula is C33H32FN6O5S-. The Kier molecular flexibility index (Phi) is 8.97. The van der Waals surface area contributed by atoms with Gasteiger partial charge in [-0.3, -0.25) is 18.8 Å². The summed E-state index contributed by atoms with van der Waals surface area (Å²) in [4.78, 5) is 44.3. The average molecular weight is 644 g/mol. The maximum atomic E-state index is 14.2. The van der Waals surface area contributed by atoms with Gasteiger partial charge in [0.05, 0.1) is 13.1 Å². The molecule has 2 saturated heterocycles. The molecule has 1 unspecified atom stereocenters. The summed E-state index contributed by atoms with van der Waals surface area (Å²) < 4.78 is 37.7. The largest absolute Gasteiger partial charge is 0.755 e. The van der Waals surface area contributed by atoms with Crippen molar-refractivity contribution in [3.05, 3.63) is 114 Å². The molecule has 4 aromatic carbocycles. The molecule has 0 spiro atoms. The highest BCUT2D eigenvalue weighted by Gasteiger charge is 2.51. The maximum absolute atomic E-state index is 14.2. The van der Waals surface area contributed by atoms with E-state index in [-0.39, 0.29) is 43.7 Å². The van der Waals surface area contributed by atoms with E-state index in [2.05, 4.69) is 10.0 Å². The lowest BCUT2D eigenvalue weighted by molar-refractivity contribution is -0.157. The Morgan fingerprint density at radius 3 is 2.41 bits per heavy atom. The van der Waals surface area contributed by atoms with Crippen molar-refractivity contribution in [2.75, 3.05) is 24.9 Å². The molecule has 238 valence electrons. The highest BCUT2D eigenvalue weighted by atomic mass is 32.2. The number of hydrogen-bond donors (Lipinski definition) is 2. The zero-order valence-electron chi connectivity index (χ0n) is 25.0. The third kappa shape index (κ3) is 6.57. The Morgan fingerprint density at radius 2 is 1.67 bits per heavy atom. The van der Waals surface area contributed by atoms with E-state index in [0.29, 0.717) is 12.2 Å². The van der Waals surface area contributed by atoms with Crippen molar-refractivity contribution >= 4 is 45.6 Å². The van der Waals surface area contributed by atoms with Crippen molar-refractivity contribution in [1.82, 2.24) is 25.1 Å². The van der Waals surface area contributed by atoms with E-state index >= 15 is 0 Å². The predicted molar refractivity (Wildman–Crippen MR) is 170 cm³/mol. The first kappa shape index (κ1) is 31.1. The summed E-state index contributed by atoms with van der Waals surface area (Å²) in [5.74, 6) is -0.874. The number of nitrogens with one attached hydrogen (secondary N) is 2. The lowest BCUT2D eigenvalue weighted by Crippen LogP contribution is -2.65. The van der Waals surface area contributed by atoms with Gasteiger partial charge in [-0.25, -0.2) is 9.18 Å². The van der Waals surface area contributed by atoms with Crippen molar-refractivity contribution in [2.45, 2.75) is 31.7 Å². The monoisotopic (exact) mass is 643 g/mol. The number of halogens is 1. The highest BCUT2D eigenvalue weighted by Crippen LogP contribution is 2.31. The van der Waals surface area contributed by atoms with Crippen LogP contribution in [-0.4, -0.2) is 78.8 Å². The van der Waals surface area contributed by atoms with Gasteiger partial charge in [-0.1, -0.05) is 66.7 Å². The first-order valence-corrected chi connectivity index (χ1v) is 15.8. The van der Waals surface area contributed by atoms with E-state index in [1.54, 1.807) is 58.3 Å². The maximum Gasteiger partial charge on any atom is 0.332 e. The molecule has 46 heavy (non-hydrogen) atoms. The summed E-state index contributed by atoms with van der Waals surface area (Å²) in [6, 6.07) is 25.0. The summed E-state index contributed by atoms with van der Waals surface area (Å²) in [6.07, 6.45) is -0.419. The van der Waals surface area contributed by atoms with Gasteiger partial charge in [-0.15, -0.1) is 0 Å². The molecule has 3 atom stereocenters. The second-order valence-corrected chi connectivity index (χ2v) is 12.0. The van der Waals surface area contributed by atoms with Crippen molar-refractivity contribution < 1.29 is 27.5 Å². The Labute approximate surface area is 268 Å². The van der Waals surface area contributed by atoms with E-state index in [4.69, 9.17) is 0 Å². The molecular weight excluding hydrogens is 611 g/mol. The van der Waals surface area contributed by atoms with Gasteiger partial charge in [-0.05, 0) is 51.7 Å². The van der Waals surface area contributed by atoms with Crippen LogP contribution in [0, 0.1) is 5.82 Å².